The Bertz CT molecular complexity index is 1030. The third-order valence-corrected chi connectivity index (χ3v) is 6.02. The molecule has 5 heteroatoms. The summed E-state index contributed by atoms with van der Waals surface area (Å²) in [5.41, 5.74) is 7.19. The van der Waals surface area contributed by atoms with Gasteiger partial charge in [0.05, 0.1) is 13.1 Å². The van der Waals surface area contributed by atoms with Gasteiger partial charge >= 0.3 is 0 Å². The number of amides is 1. The van der Waals surface area contributed by atoms with Crippen LogP contribution in [-0.4, -0.2) is 43.8 Å². The molecule has 0 saturated carbocycles. The first-order valence-corrected chi connectivity index (χ1v) is 10.6. The van der Waals surface area contributed by atoms with E-state index in [0.29, 0.717) is 0 Å². The molecule has 31 heavy (non-hydrogen) atoms. The Kier molecular flexibility index (Phi) is 6.37. The molecule has 1 heterocycles. The molecule has 0 aromatic heterocycles. The number of hydrogen-bond acceptors (Lipinski definition) is 4. The number of nitrogens with zero attached hydrogens (tertiary/aromatic N) is 2. The average molecular weight is 420 g/mol. The van der Waals surface area contributed by atoms with Crippen molar-refractivity contribution in [1.82, 2.24) is 4.90 Å². The molecule has 2 aromatic rings. The van der Waals surface area contributed by atoms with Gasteiger partial charge in [0, 0.05) is 35.6 Å². The number of aryl methyl sites for hydroxylation is 3. The fraction of sp³-hybridized carbons (Fsp3) is 0.385. The van der Waals surface area contributed by atoms with Crippen molar-refractivity contribution in [2.24, 2.45) is 0 Å². The zero-order chi connectivity index (χ0) is 22.9. The number of benzene rings is 2. The van der Waals surface area contributed by atoms with E-state index in [1.807, 2.05) is 40.0 Å². The van der Waals surface area contributed by atoms with Crippen LogP contribution in [0.3, 0.4) is 0 Å². The molecule has 0 atom stereocenters. The number of fused-ring (bicyclic) bond motifs is 1. The minimum atomic E-state index is -0.239. The van der Waals surface area contributed by atoms with Crippen molar-refractivity contribution in [3.8, 4) is 0 Å². The summed E-state index contributed by atoms with van der Waals surface area (Å²) in [5, 5.41) is 3.00. The van der Waals surface area contributed by atoms with E-state index in [9.17, 15) is 9.59 Å². The lowest BCUT2D eigenvalue weighted by molar-refractivity contribution is -0.118. The lowest BCUT2D eigenvalue weighted by Gasteiger charge is -2.24. The van der Waals surface area contributed by atoms with Gasteiger partial charge in [-0.15, -0.1) is 0 Å². The van der Waals surface area contributed by atoms with Crippen LogP contribution in [0.25, 0.3) is 0 Å². The van der Waals surface area contributed by atoms with Crippen LogP contribution in [0.1, 0.15) is 36.1 Å². The highest BCUT2D eigenvalue weighted by molar-refractivity contribution is 5.96. The van der Waals surface area contributed by atoms with Gasteiger partial charge in [0.2, 0.25) is 5.91 Å². The number of allylic oxidation sites excluding steroid dienone is 1. The SMILES string of the molecule is Cc1cc(C)c(NC(=O)CN(C)CC(=O)/C=C2/N(C)c3ccccc3C2(C)C)c(C)c1. The van der Waals surface area contributed by atoms with Gasteiger partial charge in [0.1, 0.15) is 0 Å². The van der Waals surface area contributed by atoms with E-state index in [1.165, 1.54) is 11.1 Å². The van der Waals surface area contributed by atoms with Crippen LogP contribution < -0.4 is 10.2 Å². The Morgan fingerprint density at radius 2 is 1.68 bits per heavy atom. The van der Waals surface area contributed by atoms with E-state index in [4.69, 9.17) is 0 Å². The van der Waals surface area contributed by atoms with Crippen molar-refractivity contribution in [3.05, 3.63) is 70.4 Å². The first-order valence-electron chi connectivity index (χ1n) is 10.6. The predicted molar refractivity (Wildman–Crippen MR) is 128 cm³/mol. The maximum atomic E-state index is 12.8. The zero-order valence-corrected chi connectivity index (χ0v) is 19.7. The molecule has 0 radical (unpaired) electrons. The Morgan fingerprint density at radius 3 is 2.29 bits per heavy atom. The summed E-state index contributed by atoms with van der Waals surface area (Å²) in [6.45, 7) is 10.6. The second-order valence-corrected chi connectivity index (χ2v) is 9.19. The molecule has 1 aliphatic rings. The third kappa shape index (κ3) is 4.72. The van der Waals surface area contributed by atoms with Crippen LogP contribution in [0, 0.1) is 20.8 Å². The number of nitrogens with one attached hydrogen (secondary N) is 1. The standard InChI is InChI=1S/C26H33N3O2/c1-17-12-18(2)25(19(3)13-17)27-24(31)16-28(6)15-20(30)14-23-26(4,5)21-10-8-9-11-22(21)29(23)7/h8-14H,15-16H2,1-7H3,(H,27,31)/b23-14+. The Hall–Kier alpha value is -2.92. The number of hydrogen-bond donors (Lipinski definition) is 1. The molecule has 0 fully saturated rings. The van der Waals surface area contributed by atoms with Gasteiger partial charge < -0.3 is 10.2 Å². The highest BCUT2D eigenvalue weighted by atomic mass is 16.2. The molecular weight excluding hydrogens is 386 g/mol. The van der Waals surface area contributed by atoms with Crippen LogP contribution in [0.2, 0.25) is 0 Å². The Labute approximate surface area is 185 Å². The van der Waals surface area contributed by atoms with Gasteiger partial charge in [-0.25, -0.2) is 0 Å². The Balaban J connectivity index is 1.64. The molecule has 1 aliphatic heterocycles. The average Bonchev–Trinajstić information content (AvgIpc) is 2.85. The number of ketones is 1. The largest absolute Gasteiger partial charge is 0.347 e. The molecule has 0 bridgehead atoms. The highest BCUT2D eigenvalue weighted by Gasteiger charge is 2.38. The van der Waals surface area contributed by atoms with Crippen LogP contribution in [0.4, 0.5) is 11.4 Å². The second kappa shape index (κ2) is 8.67. The highest BCUT2D eigenvalue weighted by Crippen LogP contribution is 2.46. The van der Waals surface area contributed by atoms with Crippen molar-refractivity contribution < 1.29 is 9.59 Å². The second-order valence-electron chi connectivity index (χ2n) is 9.19. The van der Waals surface area contributed by atoms with E-state index < -0.39 is 0 Å². The molecule has 0 spiro atoms. The summed E-state index contributed by atoms with van der Waals surface area (Å²) < 4.78 is 0. The molecule has 0 saturated heterocycles. The zero-order valence-electron chi connectivity index (χ0n) is 19.7. The van der Waals surface area contributed by atoms with Crippen molar-refractivity contribution in [2.45, 2.75) is 40.0 Å². The quantitative estimate of drug-likeness (QED) is 0.707. The fourth-order valence-corrected chi connectivity index (χ4v) is 4.58. The maximum Gasteiger partial charge on any atom is 0.238 e. The minimum absolute atomic E-state index is 0.0132. The van der Waals surface area contributed by atoms with Gasteiger partial charge in [-0.1, -0.05) is 49.7 Å². The van der Waals surface area contributed by atoms with Gasteiger partial charge in [0.15, 0.2) is 5.78 Å². The van der Waals surface area contributed by atoms with Crippen LogP contribution in [0.15, 0.2) is 48.2 Å². The smallest absolute Gasteiger partial charge is 0.238 e. The van der Waals surface area contributed by atoms with E-state index in [0.717, 1.165) is 28.2 Å². The number of para-hydroxylation sites is 1. The number of anilines is 2. The predicted octanol–water partition coefficient (Wildman–Crippen LogP) is 4.36. The number of carbonyl (C=O) groups excluding carboxylic acids is 2. The summed E-state index contributed by atoms with van der Waals surface area (Å²) in [6.07, 6.45) is 1.72. The summed E-state index contributed by atoms with van der Waals surface area (Å²) in [6, 6.07) is 12.3. The van der Waals surface area contributed by atoms with Gasteiger partial charge in [-0.2, -0.15) is 0 Å². The van der Waals surface area contributed by atoms with E-state index in [2.05, 4.69) is 48.3 Å². The number of carbonyl (C=O) groups is 2. The van der Waals surface area contributed by atoms with Crippen molar-refractivity contribution >= 4 is 23.1 Å². The van der Waals surface area contributed by atoms with Crippen LogP contribution in [-0.2, 0) is 15.0 Å². The summed E-state index contributed by atoms with van der Waals surface area (Å²) in [4.78, 5) is 29.2. The molecule has 1 N–H and O–H groups in total. The van der Waals surface area contributed by atoms with Crippen molar-refractivity contribution in [2.75, 3.05) is 37.4 Å². The monoisotopic (exact) mass is 419 g/mol. The lowest BCUT2D eigenvalue weighted by Crippen LogP contribution is -2.34. The molecular formula is C26H33N3O2. The molecule has 1 amide bonds. The van der Waals surface area contributed by atoms with Crippen LogP contribution in [0.5, 0.6) is 0 Å². The lowest BCUT2D eigenvalue weighted by atomic mass is 9.83. The van der Waals surface area contributed by atoms with Gasteiger partial charge in [-0.3, -0.25) is 14.5 Å². The minimum Gasteiger partial charge on any atom is -0.347 e. The normalized spacial score (nSPS) is 16.0. The van der Waals surface area contributed by atoms with Gasteiger partial charge in [-0.05, 0) is 50.6 Å². The van der Waals surface area contributed by atoms with Crippen molar-refractivity contribution in [3.63, 3.8) is 0 Å². The Morgan fingerprint density at radius 1 is 1.06 bits per heavy atom. The summed E-state index contributed by atoms with van der Waals surface area (Å²) >= 11 is 0. The van der Waals surface area contributed by atoms with Gasteiger partial charge in [0.25, 0.3) is 0 Å². The summed E-state index contributed by atoms with van der Waals surface area (Å²) in [7, 11) is 3.79. The topological polar surface area (TPSA) is 52.7 Å². The maximum absolute atomic E-state index is 12.8. The molecule has 5 nitrogen and oxygen atoms in total. The first-order chi connectivity index (χ1) is 14.5. The molecule has 2 aromatic carbocycles. The number of rotatable bonds is 6. The van der Waals surface area contributed by atoms with E-state index in [-0.39, 0.29) is 30.2 Å². The summed E-state index contributed by atoms with van der Waals surface area (Å²) in [5.74, 6) is -0.135. The third-order valence-electron chi connectivity index (χ3n) is 6.02. The fourth-order valence-electron chi connectivity index (χ4n) is 4.58. The molecule has 164 valence electrons. The number of likely N-dealkylation sites (N-methyl/N-ethyl adjacent to an activating group) is 2. The molecule has 0 aliphatic carbocycles. The van der Waals surface area contributed by atoms with Crippen LogP contribution >= 0.6 is 0 Å². The van der Waals surface area contributed by atoms with E-state index >= 15 is 0 Å². The van der Waals surface area contributed by atoms with E-state index in [1.54, 1.807) is 18.0 Å². The van der Waals surface area contributed by atoms with Crippen molar-refractivity contribution in [1.29, 1.82) is 0 Å². The molecule has 3 rings (SSSR count). The first kappa shape index (κ1) is 22.8. The molecule has 0 unspecified atom stereocenters.